The average molecular weight is 300 g/mol. The van der Waals surface area contributed by atoms with E-state index >= 15 is 0 Å². The lowest BCUT2D eigenvalue weighted by Crippen LogP contribution is -2.38. The molecule has 0 heterocycles. The van der Waals surface area contributed by atoms with Gasteiger partial charge in [-0.2, -0.15) is 0 Å². The van der Waals surface area contributed by atoms with Crippen LogP contribution in [-0.2, 0) is 14.8 Å². The van der Waals surface area contributed by atoms with Crippen molar-refractivity contribution in [2.45, 2.75) is 31.7 Å². The van der Waals surface area contributed by atoms with E-state index in [1.807, 2.05) is 0 Å². The van der Waals surface area contributed by atoms with Gasteiger partial charge in [0.1, 0.15) is 6.04 Å². The molecule has 0 bridgehead atoms. The molecule has 0 unspecified atom stereocenters. The van der Waals surface area contributed by atoms with Crippen molar-refractivity contribution in [1.82, 2.24) is 5.32 Å². The monoisotopic (exact) mass is 300 g/mol. The van der Waals surface area contributed by atoms with Crippen LogP contribution >= 0.6 is 0 Å². The number of primary sulfonamides is 1. The smallest absolute Gasteiger partial charge is 0.325 e. The highest BCUT2D eigenvalue weighted by molar-refractivity contribution is 7.89. The first-order valence-electron chi connectivity index (χ1n) is 5.71. The topological polar surface area (TPSA) is 127 Å². The molecule has 0 radical (unpaired) electrons. The number of nitrogens with two attached hydrogens (primary N) is 1. The number of carbonyl (C=O) groups is 2. The van der Waals surface area contributed by atoms with Gasteiger partial charge in [-0.15, -0.1) is 0 Å². The molecule has 0 saturated heterocycles. The van der Waals surface area contributed by atoms with E-state index in [9.17, 15) is 18.0 Å². The minimum atomic E-state index is -3.95. The molecule has 110 valence electrons. The highest BCUT2D eigenvalue weighted by Crippen LogP contribution is 2.20. The second-order valence-corrected chi connectivity index (χ2v) is 6.02. The highest BCUT2D eigenvalue weighted by Gasteiger charge is 2.20. The Morgan fingerprint density at radius 3 is 2.30 bits per heavy atom. The zero-order chi connectivity index (χ0) is 15.7. The lowest BCUT2D eigenvalue weighted by molar-refractivity contribution is -0.138. The zero-order valence-electron chi connectivity index (χ0n) is 11.3. The first-order valence-corrected chi connectivity index (χ1v) is 7.26. The highest BCUT2D eigenvalue weighted by atomic mass is 32.2. The van der Waals surface area contributed by atoms with E-state index in [0.717, 1.165) is 6.07 Å². The van der Waals surface area contributed by atoms with Crippen molar-refractivity contribution >= 4 is 21.9 Å². The molecule has 4 N–H and O–H groups in total. The van der Waals surface area contributed by atoms with E-state index < -0.39 is 27.9 Å². The van der Waals surface area contributed by atoms with Crippen molar-refractivity contribution in [2.24, 2.45) is 5.14 Å². The van der Waals surface area contributed by atoms with Gasteiger partial charge in [-0.3, -0.25) is 9.59 Å². The van der Waals surface area contributed by atoms with Crippen LogP contribution in [0.2, 0.25) is 0 Å². The molecule has 1 aromatic rings. The molecule has 0 aliphatic rings. The fourth-order valence-corrected chi connectivity index (χ4v) is 2.47. The predicted octanol–water partition coefficient (Wildman–Crippen LogP) is 0.154. The number of carboxylic acid groups (broad SMARTS) is 1. The number of nitrogens with one attached hydrogen (secondary N) is 1. The van der Waals surface area contributed by atoms with E-state index in [1.165, 1.54) is 13.0 Å². The Labute approximate surface area is 116 Å². The summed E-state index contributed by atoms with van der Waals surface area (Å²) in [6, 6.07) is 1.54. The summed E-state index contributed by atoms with van der Waals surface area (Å²) in [5.41, 5.74) is 1.07. The predicted molar refractivity (Wildman–Crippen MR) is 71.9 cm³/mol. The summed E-state index contributed by atoms with van der Waals surface area (Å²) in [5.74, 6) is -1.86. The second-order valence-electron chi connectivity index (χ2n) is 4.49. The van der Waals surface area contributed by atoms with Gasteiger partial charge in [-0.05, 0) is 44.0 Å². The Bertz CT molecular complexity index is 667. The molecule has 1 amide bonds. The minimum absolute atomic E-state index is 0.0465. The van der Waals surface area contributed by atoms with Crippen LogP contribution < -0.4 is 10.5 Å². The van der Waals surface area contributed by atoms with Gasteiger partial charge in [0.25, 0.3) is 5.91 Å². The maximum Gasteiger partial charge on any atom is 0.325 e. The summed E-state index contributed by atoms with van der Waals surface area (Å²) < 4.78 is 22.9. The molecule has 0 aliphatic heterocycles. The van der Waals surface area contributed by atoms with Crippen molar-refractivity contribution in [3.8, 4) is 0 Å². The molecule has 1 aromatic carbocycles. The van der Waals surface area contributed by atoms with Gasteiger partial charge in [0.15, 0.2) is 0 Å². The molecule has 0 spiro atoms. The number of carbonyl (C=O) groups excluding carboxylic acids is 1. The third-order valence-electron chi connectivity index (χ3n) is 2.91. The third-order valence-corrected chi connectivity index (χ3v) is 3.94. The van der Waals surface area contributed by atoms with Crippen LogP contribution in [0.15, 0.2) is 17.0 Å². The molecule has 7 nitrogen and oxygen atoms in total. The summed E-state index contributed by atoms with van der Waals surface area (Å²) in [5, 5.41) is 16.1. The molecule has 0 aromatic heterocycles. The van der Waals surface area contributed by atoms with E-state index in [1.54, 1.807) is 13.8 Å². The number of amides is 1. The average Bonchev–Trinajstić information content (AvgIpc) is 2.30. The van der Waals surface area contributed by atoms with Gasteiger partial charge in [0.05, 0.1) is 4.90 Å². The van der Waals surface area contributed by atoms with Gasteiger partial charge < -0.3 is 10.4 Å². The normalized spacial score (nSPS) is 12.8. The number of aliphatic carboxylic acids is 1. The molecule has 0 fully saturated rings. The number of sulfonamides is 1. The Morgan fingerprint density at radius 1 is 1.30 bits per heavy atom. The standard InChI is InChI=1S/C12H16N2O5S/c1-6-4-9(11(15)14-8(3)12(16)17)5-10(7(6)2)20(13,18)19/h4-5,8H,1-3H3,(H,14,15)(H,16,17)(H2,13,18,19)/t8-/m0/s1. The van der Waals surface area contributed by atoms with Crippen LogP contribution in [0.4, 0.5) is 0 Å². The number of rotatable bonds is 4. The fraction of sp³-hybridized carbons (Fsp3) is 0.333. The van der Waals surface area contributed by atoms with Gasteiger partial charge >= 0.3 is 5.97 Å². The van der Waals surface area contributed by atoms with Crippen molar-refractivity contribution in [3.05, 3.63) is 28.8 Å². The van der Waals surface area contributed by atoms with E-state index in [2.05, 4.69) is 5.32 Å². The fourth-order valence-electron chi connectivity index (χ4n) is 1.60. The largest absolute Gasteiger partial charge is 0.480 e. The van der Waals surface area contributed by atoms with Gasteiger partial charge in [0.2, 0.25) is 10.0 Å². The second kappa shape index (κ2) is 5.59. The van der Waals surface area contributed by atoms with E-state index in [-0.39, 0.29) is 10.5 Å². The Balaban J connectivity index is 3.25. The van der Waals surface area contributed by atoms with Crippen LogP contribution in [0.25, 0.3) is 0 Å². The van der Waals surface area contributed by atoms with Crippen LogP contribution in [0.3, 0.4) is 0 Å². The lowest BCUT2D eigenvalue weighted by atomic mass is 10.1. The summed E-state index contributed by atoms with van der Waals surface area (Å²) in [4.78, 5) is 22.4. The first kappa shape index (κ1) is 16.1. The molecule has 8 heteroatoms. The third kappa shape index (κ3) is 3.55. The van der Waals surface area contributed by atoms with Gasteiger partial charge in [-0.25, -0.2) is 13.6 Å². The van der Waals surface area contributed by atoms with Gasteiger partial charge in [-0.1, -0.05) is 0 Å². The van der Waals surface area contributed by atoms with Crippen LogP contribution in [0, 0.1) is 13.8 Å². The first-order chi connectivity index (χ1) is 9.04. The summed E-state index contributed by atoms with van der Waals surface area (Å²) in [6.45, 7) is 4.53. The van der Waals surface area contributed by atoms with Crippen molar-refractivity contribution in [3.63, 3.8) is 0 Å². The van der Waals surface area contributed by atoms with Crippen LogP contribution in [0.5, 0.6) is 0 Å². The molecular weight excluding hydrogens is 284 g/mol. The summed E-state index contributed by atoms with van der Waals surface area (Å²) in [7, 11) is -3.95. The number of hydrogen-bond donors (Lipinski definition) is 3. The zero-order valence-corrected chi connectivity index (χ0v) is 12.1. The number of aryl methyl sites for hydroxylation is 1. The molecule has 0 saturated carbocycles. The Hall–Kier alpha value is -1.93. The molecule has 20 heavy (non-hydrogen) atoms. The van der Waals surface area contributed by atoms with Crippen molar-refractivity contribution < 1.29 is 23.1 Å². The molecule has 1 atom stereocenters. The maximum atomic E-state index is 11.9. The SMILES string of the molecule is Cc1cc(C(=O)N[C@@H](C)C(=O)O)cc(S(N)(=O)=O)c1C. The number of carboxylic acids is 1. The Morgan fingerprint density at radius 2 is 1.85 bits per heavy atom. The number of benzene rings is 1. The molecular formula is C12H16N2O5S. The van der Waals surface area contributed by atoms with Crippen molar-refractivity contribution in [2.75, 3.05) is 0 Å². The van der Waals surface area contributed by atoms with E-state index in [0.29, 0.717) is 11.1 Å². The van der Waals surface area contributed by atoms with E-state index in [4.69, 9.17) is 10.2 Å². The lowest BCUT2D eigenvalue weighted by Gasteiger charge is -2.12. The molecule has 0 aliphatic carbocycles. The van der Waals surface area contributed by atoms with Crippen LogP contribution in [-0.4, -0.2) is 31.4 Å². The quantitative estimate of drug-likeness (QED) is 0.729. The number of hydrogen-bond acceptors (Lipinski definition) is 4. The summed E-state index contributed by atoms with van der Waals surface area (Å²) >= 11 is 0. The molecule has 1 rings (SSSR count). The van der Waals surface area contributed by atoms with Crippen LogP contribution in [0.1, 0.15) is 28.4 Å². The van der Waals surface area contributed by atoms with Crippen molar-refractivity contribution in [1.29, 1.82) is 0 Å². The summed E-state index contributed by atoms with van der Waals surface area (Å²) in [6.07, 6.45) is 0. The Kier molecular flexibility index (Phi) is 4.51. The minimum Gasteiger partial charge on any atom is -0.480 e. The van der Waals surface area contributed by atoms with Gasteiger partial charge in [0, 0.05) is 5.56 Å². The maximum absolute atomic E-state index is 11.9.